The molecule has 150 valence electrons. The van der Waals surface area contributed by atoms with E-state index in [2.05, 4.69) is 5.32 Å². The number of amides is 2. The summed E-state index contributed by atoms with van der Waals surface area (Å²) in [6.07, 6.45) is -1.06. The number of Topliss-reactive ketones (excluding diaryl/α,β-unsaturated/α-hetero) is 1. The number of hydrogen-bond acceptors (Lipinski definition) is 5. The van der Waals surface area contributed by atoms with Gasteiger partial charge in [0.1, 0.15) is 6.54 Å². The maximum atomic E-state index is 12.5. The van der Waals surface area contributed by atoms with Gasteiger partial charge in [0.15, 0.2) is 6.10 Å². The van der Waals surface area contributed by atoms with Crippen LogP contribution in [0.5, 0.6) is 0 Å². The first kappa shape index (κ1) is 20.3. The third kappa shape index (κ3) is 4.18. The molecule has 0 saturated carbocycles. The summed E-state index contributed by atoms with van der Waals surface area (Å²) >= 11 is 0. The van der Waals surface area contributed by atoms with Gasteiger partial charge in [0.05, 0.1) is 11.3 Å². The average Bonchev–Trinajstić information content (AvgIpc) is 2.93. The number of rotatable bonds is 6. The number of para-hydroxylation sites is 2. The smallest absolute Gasteiger partial charge is 0.326 e. The quantitative estimate of drug-likeness (QED) is 0.601. The summed E-state index contributed by atoms with van der Waals surface area (Å²) in [5, 5.41) is 2.77. The van der Waals surface area contributed by atoms with E-state index in [9.17, 15) is 19.2 Å². The highest BCUT2D eigenvalue weighted by Crippen LogP contribution is 2.28. The molecule has 2 aromatic carbocycles. The first-order valence-electron chi connectivity index (χ1n) is 9.34. The zero-order chi connectivity index (χ0) is 21.1. The van der Waals surface area contributed by atoms with Gasteiger partial charge in [0.2, 0.25) is 0 Å². The van der Waals surface area contributed by atoms with E-state index < -0.39 is 36.2 Å². The Balaban J connectivity index is 1.63. The lowest BCUT2D eigenvalue weighted by Gasteiger charge is -2.19. The molecule has 0 bridgehead atoms. The van der Waals surface area contributed by atoms with E-state index in [4.69, 9.17) is 4.74 Å². The number of ketones is 1. The summed E-state index contributed by atoms with van der Waals surface area (Å²) in [5.74, 6) is -2.49. The lowest BCUT2D eigenvalue weighted by Crippen LogP contribution is -2.38. The second kappa shape index (κ2) is 8.26. The largest absolute Gasteiger partial charge is 0.451 e. The van der Waals surface area contributed by atoms with Gasteiger partial charge in [0, 0.05) is 5.69 Å². The van der Waals surface area contributed by atoms with Crippen LogP contribution in [0.1, 0.15) is 42.6 Å². The normalized spacial score (nSPS) is 14.0. The van der Waals surface area contributed by atoms with Crippen molar-refractivity contribution in [3.63, 3.8) is 0 Å². The summed E-state index contributed by atoms with van der Waals surface area (Å²) in [6, 6.07) is 13.8. The molecule has 2 aromatic rings. The van der Waals surface area contributed by atoms with Crippen molar-refractivity contribution in [2.24, 2.45) is 0 Å². The molecule has 0 radical (unpaired) electrons. The number of hydrogen-bond donors (Lipinski definition) is 1. The van der Waals surface area contributed by atoms with Gasteiger partial charge in [-0.05, 0) is 36.6 Å². The van der Waals surface area contributed by atoms with Crippen molar-refractivity contribution in [2.45, 2.75) is 32.8 Å². The topological polar surface area (TPSA) is 92.8 Å². The van der Waals surface area contributed by atoms with E-state index in [-0.39, 0.29) is 11.5 Å². The number of ether oxygens (including phenoxy) is 1. The average molecular weight is 394 g/mol. The van der Waals surface area contributed by atoms with Crippen LogP contribution in [0.15, 0.2) is 48.5 Å². The molecule has 0 unspecified atom stereocenters. The number of nitrogens with one attached hydrogen (secondary N) is 1. The molecule has 1 atom stereocenters. The zero-order valence-electron chi connectivity index (χ0n) is 16.5. The molecule has 0 fully saturated rings. The van der Waals surface area contributed by atoms with Crippen LogP contribution >= 0.6 is 0 Å². The van der Waals surface area contributed by atoms with Crippen LogP contribution in [0.3, 0.4) is 0 Å². The number of nitrogens with zero attached hydrogens (tertiary/aromatic N) is 1. The minimum atomic E-state index is -1.06. The Kier molecular flexibility index (Phi) is 5.77. The highest BCUT2D eigenvalue weighted by atomic mass is 16.5. The molecule has 0 spiro atoms. The van der Waals surface area contributed by atoms with E-state index in [1.54, 1.807) is 24.3 Å². The Morgan fingerprint density at radius 1 is 1.00 bits per heavy atom. The van der Waals surface area contributed by atoms with Gasteiger partial charge in [-0.15, -0.1) is 0 Å². The van der Waals surface area contributed by atoms with Crippen LogP contribution in [0.4, 0.5) is 11.4 Å². The fraction of sp³-hybridized carbons (Fsp3) is 0.273. The van der Waals surface area contributed by atoms with Gasteiger partial charge < -0.3 is 10.1 Å². The molecule has 0 aromatic heterocycles. The van der Waals surface area contributed by atoms with Gasteiger partial charge in [0.25, 0.3) is 17.6 Å². The van der Waals surface area contributed by atoms with E-state index in [0.717, 1.165) is 10.5 Å². The summed E-state index contributed by atoms with van der Waals surface area (Å²) in [6.45, 7) is 5.04. The lowest BCUT2D eigenvalue weighted by atomic mass is 10.0. The molecule has 7 heteroatoms. The van der Waals surface area contributed by atoms with Crippen molar-refractivity contribution in [3.05, 3.63) is 59.7 Å². The second-order valence-corrected chi connectivity index (χ2v) is 7.10. The predicted octanol–water partition coefficient (Wildman–Crippen LogP) is 2.91. The number of benzene rings is 2. The fourth-order valence-electron chi connectivity index (χ4n) is 3.17. The molecular weight excluding hydrogens is 372 g/mol. The molecule has 0 saturated heterocycles. The standard InChI is InChI=1S/C22H22N2O5/c1-13(2)15-8-4-6-10-17(15)23-21(27)14(3)29-19(25)12-24-18-11-7-5-9-16(18)20(26)22(24)28/h4-11,13-14H,12H2,1-3H3,(H,23,27)/t14-/m0/s1. The Hall–Kier alpha value is -3.48. The van der Waals surface area contributed by atoms with Crippen LogP contribution in [-0.4, -0.2) is 36.2 Å². The molecule has 1 aliphatic heterocycles. The maximum Gasteiger partial charge on any atom is 0.326 e. The predicted molar refractivity (Wildman–Crippen MR) is 108 cm³/mol. The summed E-state index contributed by atoms with van der Waals surface area (Å²) in [5.41, 5.74) is 2.24. The summed E-state index contributed by atoms with van der Waals surface area (Å²) in [4.78, 5) is 50.0. The molecule has 0 aliphatic carbocycles. The number of carbonyl (C=O) groups excluding carboxylic acids is 4. The van der Waals surface area contributed by atoms with Crippen LogP contribution in [0.2, 0.25) is 0 Å². The fourth-order valence-corrected chi connectivity index (χ4v) is 3.17. The first-order chi connectivity index (χ1) is 13.8. The maximum absolute atomic E-state index is 12.5. The van der Waals surface area contributed by atoms with Crippen LogP contribution in [0, 0.1) is 0 Å². The lowest BCUT2D eigenvalue weighted by molar-refractivity contribution is -0.152. The van der Waals surface area contributed by atoms with Crippen LogP contribution < -0.4 is 10.2 Å². The van der Waals surface area contributed by atoms with Crippen LogP contribution in [-0.2, 0) is 19.1 Å². The Labute approximate surface area is 168 Å². The molecular formula is C22H22N2O5. The molecule has 29 heavy (non-hydrogen) atoms. The minimum Gasteiger partial charge on any atom is -0.451 e. The monoisotopic (exact) mass is 394 g/mol. The van der Waals surface area contributed by atoms with Crippen LogP contribution in [0.25, 0.3) is 0 Å². The Morgan fingerprint density at radius 2 is 1.66 bits per heavy atom. The van der Waals surface area contributed by atoms with E-state index in [0.29, 0.717) is 11.4 Å². The van der Waals surface area contributed by atoms with Crippen molar-refractivity contribution in [3.8, 4) is 0 Å². The summed E-state index contributed by atoms with van der Waals surface area (Å²) < 4.78 is 5.19. The minimum absolute atomic E-state index is 0.211. The second-order valence-electron chi connectivity index (χ2n) is 7.10. The third-order valence-electron chi connectivity index (χ3n) is 4.68. The van der Waals surface area contributed by atoms with Crippen molar-refractivity contribution in [1.29, 1.82) is 0 Å². The van der Waals surface area contributed by atoms with Gasteiger partial charge in [-0.2, -0.15) is 0 Å². The highest BCUT2D eigenvalue weighted by Gasteiger charge is 2.37. The molecule has 1 aliphatic rings. The molecule has 2 amide bonds. The van der Waals surface area contributed by atoms with Gasteiger partial charge in [-0.1, -0.05) is 44.2 Å². The number of esters is 1. The zero-order valence-corrected chi connectivity index (χ0v) is 16.5. The molecule has 1 N–H and O–H groups in total. The first-order valence-corrected chi connectivity index (χ1v) is 9.34. The van der Waals surface area contributed by atoms with Gasteiger partial charge in [-0.25, -0.2) is 0 Å². The van der Waals surface area contributed by atoms with Crippen molar-refractivity contribution in [2.75, 3.05) is 16.8 Å². The third-order valence-corrected chi connectivity index (χ3v) is 4.68. The number of anilines is 2. The van der Waals surface area contributed by atoms with E-state index in [1.165, 1.54) is 13.0 Å². The number of carbonyl (C=O) groups is 4. The van der Waals surface area contributed by atoms with E-state index in [1.807, 2.05) is 32.0 Å². The van der Waals surface area contributed by atoms with E-state index >= 15 is 0 Å². The van der Waals surface area contributed by atoms with Crippen molar-refractivity contribution < 1.29 is 23.9 Å². The van der Waals surface area contributed by atoms with Crippen molar-refractivity contribution in [1.82, 2.24) is 0 Å². The SMILES string of the molecule is CC(C)c1ccccc1NC(=O)[C@H](C)OC(=O)CN1C(=O)C(=O)c2ccccc21. The molecule has 3 rings (SSSR count). The van der Waals surface area contributed by atoms with Crippen molar-refractivity contribution >= 4 is 34.9 Å². The highest BCUT2D eigenvalue weighted by molar-refractivity contribution is 6.52. The van der Waals surface area contributed by atoms with Gasteiger partial charge >= 0.3 is 5.97 Å². The number of fused-ring (bicyclic) bond motifs is 1. The Bertz CT molecular complexity index is 983. The summed E-state index contributed by atoms with van der Waals surface area (Å²) in [7, 11) is 0. The molecule has 7 nitrogen and oxygen atoms in total. The molecule has 1 heterocycles. The van der Waals surface area contributed by atoms with Gasteiger partial charge in [-0.3, -0.25) is 24.1 Å². The Morgan fingerprint density at radius 3 is 2.38 bits per heavy atom.